The van der Waals surface area contributed by atoms with Crippen molar-refractivity contribution < 1.29 is 12.8 Å². The Hall–Kier alpha value is -0.500. The first kappa shape index (κ1) is 15.9. The van der Waals surface area contributed by atoms with Crippen LogP contribution in [0.2, 0.25) is 0 Å². The summed E-state index contributed by atoms with van der Waals surface area (Å²) in [6.45, 7) is 2.92. The highest BCUT2D eigenvalue weighted by Crippen LogP contribution is 2.21. The molecule has 1 aliphatic heterocycles. The maximum Gasteiger partial charge on any atom is 0.240 e. The average molecular weight is 365 g/mol. The second-order valence-corrected chi connectivity index (χ2v) is 7.82. The van der Waals surface area contributed by atoms with Gasteiger partial charge in [-0.1, -0.05) is 0 Å². The van der Waals surface area contributed by atoms with Gasteiger partial charge in [-0.3, -0.25) is 0 Å². The molecule has 1 heterocycles. The number of hydrogen-bond donors (Lipinski definition) is 1. The second-order valence-electron chi connectivity index (χ2n) is 5.25. The van der Waals surface area contributed by atoms with E-state index in [1.54, 1.807) is 0 Å². The SMILES string of the molecule is CC1CC(NS(=O)(=O)c2ccc(Br)c(F)c2)CCN1C. The van der Waals surface area contributed by atoms with Crippen molar-refractivity contribution in [2.75, 3.05) is 13.6 Å². The van der Waals surface area contributed by atoms with E-state index in [-0.39, 0.29) is 15.4 Å². The molecule has 1 N–H and O–H groups in total. The summed E-state index contributed by atoms with van der Waals surface area (Å²) in [6.07, 6.45) is 1.52. The molecule has 2 rings (SSSR count). The van der Waals surface area contributed by atoms with Crippen LogP contribution in [0.3, 0.4) is 0 Å². The number of sulfonamides is 1. The molecule has 0 saturated carbocycles. The van der Waals surface area contributed by atoms with Crippen molar-refractivity contribution >= 4 is 26.0 Å². The lowest BCUT2D eigenvalue weighted by atomic mass is 10.0. The van der Waals surface area contributed by atoms with Crippen molar-refractivity contribution in [3.63, 3.8) is 0 Å². The summed E-state index contributed by atoms with van der Waals surface area (Å²) in [5.41, 5.74) is 0. The van der Waals surface area contributed by atoms with Crippen LogP contribution in [0.15, 0.2) is 27.6 Å². The smallest absolute Gasteiger partial charge is 0.240 e. The fraction of sp³-hybridized carbons (Fsp3) is 0.538. The molecule has 2 atom stereocenters. The molecule has 1 aliphatic rings. The number of benzene rings is 1. The summed E-state index contributed by atoms with van der Waals surface area (Å²) >= 11 is 3.01. The Bertz CT molecular complexity index is 594. The highest BCUT2D eigenvalue weighted by molar-refractivity contribution is 9.10. The van der Waals surface area contributed by atoms with E-state index in [9.17, 15) is 12.8 Å². The maximum atomic E-state index is 13.5. The molecule has 0 aliphatic carbocycles. The lowest BCUT2D eigenvalue weighted by Crippen LogP contribution is -2.47. The Balaban J connectivity index is 2.13. The minimum Gasteiger partial charge on any atom is -0.304 e. The molecule has 1 fully saturated rings. The van der Waals surface area contributed by atoms with Crippen LogP contribution < -0.4 is 4.72 Å². The first-order valence-electron chi connectivity index (χ1n) is 6.47. The van der Waals surface area contributed by atoms with Crippen LogP contribution in [0, 0.1) is 5.82 Å². The quantitative estimate of drug-likeness (QED) is 0.895. The standard InChI is InChI=1S/C13H18BrFN2O2S/c1-9-7-10(5-6-17(9)2)16-20(18,19)11-3-4-12(14)13(15)8-11/h3-4,8-10,16H,5-7H2,1-2H3. The summed E-state index contributed by atoms with van der Waals surface area (Å²) in [5, 5.41) is 0. The summed E-state index contributed by atoms with van der Waals surface area (Å²) < 4.78 is 40.9. The fourth-order valence-corrected chi connectivity index (χ4v) is 3.87. The zero-order valence-corrected chi connectivity index (χ0v) is 13.8. The largest absolute Gasteiger partial charge is 0.304 e. The van der Waals surface area contributed by atoms with Gasteiger partial charge in [0.2, 0.25) is 10.0 Å². The minimum absolute atomic E-state index is 0.0372. The third-order valence-corrected chi connectivity index (χ3v) is 5.89. The summed E-state index contributed by atoms with van der Waals surface area (Å²) in [5.74, 6) is -0.579. The number of rotatable bonds is 3. The van der Waals surface area contributed by atoms with Gasteiger partial charge in [-0.25, -0.2) is 17.5 Å². The molecule has 1 saturated heterocycles. The van der Waals surface area contributed by atoms with Gasteiger partial charge in [-0.15, -0.1) is 0 Å². The van der Waals surface area contributed by atoms with Gasteiger partial charge in [0, 0.05) is 12.1 Å². The molecule has 0 radical (unpaired) electrons. The molecule has 0 amide bonds. The summed E-state index contributed by atoms with van der Waals surface area (Å²) in [4.78, 5) is 2.16. The van der Waals surface area contributed by atoms with Gasteiger partial charge in [-0.2, -0.15) is 0 Å². The van der Waals surface area contributed by atoms with Crippen molar-refractivity contribution in [1.29, 1.82) is 0 Å². The van der Waals surface area contributed by atoms with Crippen molar-refractivity contribution in [2.24, 2.45) is 0 Å². The summed E-state index contributed by atoms with van der Waals surface area (Å²) in [6, 6.07) is 4.07. The van der Waals surface area contributed by atoms with Crippen LogP contribution in [0.4, 0.5) is 4.39 Å². The van der Waals surface area contributed by atoms with Crippen LogP contribution in [0.5, 0.6) is 0 Å². The monoisotopic (exact) mass is 364 g/mol. The average Bonchev–Trinajstić information content (AvgIpc) is 2.37. The predicted molar refractivity (Wildman–Crippen MR) is 79.5 cm³/mol. The van der Waals surface area contributed by atoms with E-state index in [1.165, 1.54) is 12.1 Å². The molecule has 4 nitrogen and oxygen atoms in total. The third kappa shape index (κ3) is 3.58. The van der Waals surface area contributed by atoms with E-state index in [0.717, 1.165) is 25.5 Å². The molecule has 1 aromatic rings. The highest BCUT2D eigenvalue weighted by Gasteiger charge is 2.27. The lowest BCUT2D eigenvalue weighted by Gasteiger charge is -2.35. The van der Waals surface area contributed by atoms with Crippen LogP contribution in [-0.2, 0) is 10.0 Å². The number of nitrogens with one attached hydrogen (secondary N) is 1. The zero-order valence-electron chi connectivity index (χ0n) is 11.4. The number of piperidine rings is 1. The molecule has 0 bridgehead atoms. The van der Waals surface area contributed by atoms with Gasteiger partial charge < -0.3 is 4.90 Å². The van der Waals surface area contributed by atoms with E-state index in [4.69, 9.17) is 0 Å². The molecular weight excluding hydrogens is 347 g/mol. The minimum atomic E-state index is -3.67. The zero-order chi connectivity index (χ0) is 14.9. The van der Waals surface area contributed by atoms with E-state index < -0.39 is 15.8 Å². The fourth-order valence-electron chi connectivity index (χ4n) is 2.33. The van der Waals surface area contributed by atoms with Gasteiger partial charge >= 0.3 is 0 Å². The van der Waals surface area contributed by atoms with Gasteiger partial charge in [0.25, 0.3) is 0 Å². The van der Waals surface area contributed by atoms with Crippen LogP contribution in [0.25, 0.3) is 0 Å². The predicted octanol–water partition coefficient (Wildman–Crippen LogP) is 2.35. The molecule has 20 heavy (non-hydrogen) atoms. The number of likely N-dealkylation sites (tertiary alicyclic amines) is 1. The summed E-state index contributed by atoms with van der Waals surface area (Å²) in [7, 11) is -1.64. The van der Waals surface area contributed by atoms with Gasteiger partial charge in [0.15, 0.2) is 0 Å². The molecule has 0 aromatic heterocycles. The molecule has 2 unspecified atom stereocenters. The van der Waals surface area contributed by atoms with Crippen molar-refractivity contribution in [3.8, 4) is 0 Å². The van der Waals surface area contributed by atoms with E-state index in [1.807, 2.05) is 7.05 Å². The normalized spacial score (nSPS) is 24.8. The first-order chi connectivity index (χ1) is 9.29. The van der Waals surface area contributed by atoms with Gasteiger partial charge in [0.1, 0.15) is 5.82 Å². The molecular formula is C13H18BrFN2O2S. The van der Waals surface area contributed by atoms with Gasteiger partial charge in [-0.05, 0) is 67.5 Å². The van der Waals surface area contributed by atoms with Crippen LogP contribution >= 0.6 is 15.9 Å². The molecule has 7 heteroatoms. The first-order valence-corrected chi connectivity index (χ1v) is 8.75. The third-order valence-electron chi connectivity index (χ3n) is 3.73. The second kappa shape index (κ2) is 6.09. The highest BCUT2D eigenvalue weighted by atomic mass is 79.9. The molecule has 1 aromatic carbocycles. The van der Waals surface area contributed by atoms with E-state index >= 15 is 0 Å². The number of halogens is 2. The number of nitrogens with zero attached hydrogens (tertiary/aromatic N) is 1. The van der Waals surface area contributed by atoms with E-state index in [2.05, 4.69) is 32.5 Å². The van der Waals surface area contributed by atoms with Crippen molar-refractivity contribution in [2.45, 2.75) is 36.7 Å². The molecule has 112 valence electrons. The Morgan fingerprint density at radius 1 is 1.45 bits per heavy atom. The Labute approximate surface area is 127 Å². The lowest BCUT2D eigenvalue weighted by molar-refractivity contribution is 0.178. The Morgan fingerprint density at radius 2 is 2.15 bits per heavy atom. The van der Waals surface area contributed by atoms with Crippen LogP contribution in [0.1, 0.15) is 19.8 Å². The van der Waals surface area contributed by atoms with Crippen molar-refractivity contribution in [1.82, 2.24) is 9.62 Å². The maximum absolute atomic E-state index is 13.5. The Kier molecular flexibility index (Phi) is 4.84. The Morgan fingerprint density at radius 3 is 2.75 bits per heavy atom. The molecule has 0 spiro atoms. The van der Waals surface area contributed by atoms with Crippen molar-refractivity contribution in [3.05, 3.63) is 28.5 Å². The van der Waals surface area contributed by atoms with Gasteiger partial charge in [0.05, 0.1) is 9.37 Å². The topological polar surface area (TPSA) is 49.4 Å². The van der Waals surface area contributed by atoms with E-state index in [0.29, 0.717) is 6.04 Å². The number of hydrogen-bond acceptors (Lipinski definition) is 3. The van der Waals surface area contributed by atoms with Crippen LogP contribution in [-0.4, -0.2) is 39.0 Å².